The molecule has 0 atom stereocenters. The molecule has 2 heterocycles. The van der Waals surface area contributed by atoms with Gasteiger partial charge in [-0.3, -0.25) is 4.79 Å². The van der Waals surface area contributed by atoms with Crippen molar-refractivity contribution in [1.29, 1.82) is 0 Å². The minimum absolute atomic E-state index is 0.132. The van der Waals surface area contributed by atoms with E-state index in [0.717, 1.165) is 0 Å². The van der Waals surface area contributed by atoms with Crippen molar-refractivity contribution in [2.24, 2.45) is 0 Å². The van der Waals surface area contributed by atoms with Gasteiger partial charge in [-0.2, -0.15) is 9.40 Å². The normalized spacial score (nSPS) is 11.6. The Labute approximate surface area is 180 Å². The lowest BCUT2D eigenvalue weighted by Gasteiger charge is -2.18. The Balaban J connectivity index is 1.81. The van der Waals surface area contributed by atoms with Gasteiger partial charge in [0.2, 0.25) is 10.0 Å². The van der Waals surface area contributed by atoms with Gasteiger partial charge < -0.3 is 10.1 Å². The van der Waals surface area contributed by atoms with Crippen LogP contribution in [-0.4, -0.2) is 53.9 Å². The average Bonchev–Trinajstić information content (AvgIpc) is 3.18. The smallest absolute Gasteiger partial charge is 0.341 e. The first kappa shape index (κ1) is 22.4. The fourth-order valence-corrected chi connectivity index (χ4v) is 4.58. The van der Waals surface area contributed by atoms with Crippen LogP contribution in [0, 0.1) is 0 Å². The number of carbonyl (C=O) groups is 2. The number of amides is 1. The molecule has 0 fully saturated rings. The van der Waals surface area contributed by atoms with Gasteiger partial charge in [0.1, 0.15) is 5.56 Å². The Hall–Kier alpha value is -3.24. The van der Waals surface area contributed by atoms with E-state index in [9.17, 15) is 18.0 Å². The predicted octanol–water partition coefficient (Wildman–Crippen LogP) is 2.79. The highest BCUT2D eigenvalue weighted by Crippen LogP contribution is 2.19. The molecule has 10 heteroatoms. The van der Waals surface area contributed by atoms with Crippen molar-refractivity contribution < 1.29 is 22.7 Å². The van der Waals surface area contributed by atoms with Gasteiger partial charge in [-0.1, -0.05) is 13.8 Å². The molecule has 164 valence electrons. The molecule has 0 unspecified atom stereocenters. The number of benzene rings is 1. The van der Waals surface area contributed by atoms with Crippen LogP contribution in [0.4, 0.5) is 5.69 Å². The van der Waals surface area contributed by atoms with Crippen LogP contribution < -0.4 is 5.32 Å². The van der Waals surface area contributed by atoms with Gasteiger partial charge in [-0.25, -0.2) is 17.7 Å². The molecular weight excluding hydrogens is 420 g/mol. The second kappa shape index (κ2) is 9.27. The first-order valence-corrected chi connectivity index (χ1v) is 11.3. The number of esters is 1. The highest BCUT2D eigenvalue weighted by molar-refractivity contribution is 7.89. The van der Waals surface area contributed by atoms with Crippen LogP contribution in [0.2, 0.25) is 0 Å². The largest absolute Gasteiger partial charge is 0.462 e. The molecule has 0 saturated carbocycles. The number of carbonyl (C=O) groups excluding carboxylic acids is 2. The van der Waals surface area contributed by atoms with Gasteiger partial charge in [-0.15, -0.1) is 0 Å². The maximum absolute atomic E-state index is 12.6. The van der Waals surface area contributed by atoms with Crippen LogP contribution in [0.15, 0.2) is 53.7 Å². The van der Waals surface area contributed by atoms with E-state index >= 15 is 0 Å². The molecule has 0 spiro atoms. The number of nitrogens with zero attached hydrogens (tertiary/aromatic N) is 3. The zero-order valence-electron chi connectivity index (χ0n) is 17.5. The van der Waals surface area contributed by atoms with Gasteiger partial charge in [-0.05, 0) is 43.3 Å². The van der Waals surface area contributed by atoms with Gasteiger partial charge in [0.25, 0.3) is 5.91 Å². The standard InChI is InChI=1S/C21H24N4O5S/c1-4-24(5-2)31(28,29)17-9-7-15(8-10-17)20(26)23-16-11-12-25-19(13-16)18(14-22-25)21(27)30-6-3/h7-14H,4-6H2,1-3H3,(H,23,26). The van der Waals surface area contributed by atoms with E-state index in [0.29, 0.717) is 35.4 Å². The molecule has 0 bridgehead atoms. The summed E-state index contributed by atoms with van der Waals surface area (Å²) in [7, 11) is -3.59. The summed E-state index contributed by atoms with van der Waals surface area (Å²) >= 11 is 0. The summed E-state index contributed by atoms with van der Waals surface area (Å²) in [6, 6.07) is 9.03. The Kier molecular flexibility index (Phi) is 6.71. The summed E-state index contributed by atoms with van der Waals surface area (Å²) in [6.07, 6.45) is 3.03. The number of sulfonamides is 1. The molecule has 1 amide bonds. The van der Waals surface area contributed by atoms with Crippen molar-refractivity contribution in [3.8, 4) is 0 Å². The van der Waals surface area contributed by atoms with Gasteiger partial charge in [0.05, 0.1) is 23.2 Å². The van der Waals surface area contributed by atoms with Crippen molar-refractivity contribution in [3.05, 3.63) is 59.9 Å². The van der Waals surface area contributed by atoms with Crippen molar-refractivity contribution >= 4 is 33.1 Å². The third-order valence-corrected chi connectivity index (χ3v) is 6.80. The number of rotatable bonds is 8. The first-order valence-electron chi connectivity index (χ1n) is 9.87. The second-order valence-electron chi connectivity index (χ2n) is 6.59. The van der Waals surface area contributed by atoms with Crippen molar-refractivity contribution in [1.82, 2.24) is 13.9 Å². The third-order valence-electron chi connectivity index (χ3n) is 4.73. The molecule has 0 aliphatic rings. The summed E-state index contributed by atoms with van der Waals surface area (Å²) in [5.41, 5.74) is 1.56. The van der Waals surface area contributed by atoms with Crippen molar-refractivity contribution in [2.75, 3.05) is 25.0 Å². The van der Waals surface area contributed by atoms with Crippen LogP contribution in [0.5, 0.6) is 0 Å². The molecule has 31 heavy (non-hydrogen) atoms. The Bertz CT molecular complexity index is 1200. The summed E-state index contributed by atoms with van der Waals surface area (Å²) in [4.78, 5) is 24.8. The minimum Gasteiger partial charge on any atom is -0.462 e. The van der Waals surface area contributed by atoms with Gasteiger partial charge in [0, 0.05) is 30.5 Å². The molecule has 0 radical (unpaired) electrons. The first-order chi connectivity index (χ1) is 14.8. The quantitative estimate of drug-likeness (QED) is 0.535. The number of pyridine rings is 1. The highest BCUT2D eigenvalue weighted by atomic mass is 32.2. The Morgan fingerprint density at radius 1 is 1.10 bits per heavy atom. The maximum Gasteiger partial charge on any atom is 0.341 e. The van der Waals surface area contributed by atoms with Crippen molar-refractivity contribution in [2.45, 2.75) is 25.7 Å². The molecule has 1 aromatic carbocycles. The van der Waals surface area contributed by atoms with Gasteiger partial charge >= 0.3 is 5.97 Å². The van der Waals surface area contributed by atoms with Crippen LogP contribution in [0.3, 0.4) is 0 Å². The van der Waals surface area contributed by atoms with Gasteiger partial charge in [0.15, 0.2) is 0 Å². The minimum atomic E-state index is -3.59. The lowest BCUT2D eigenvalue weighted by molar-refractivity contribution is 0.0528. The molecule has 3 aromatic rings. The van der Waals surface area contributed by atoms with E-state index in [1.54, 1.807) is 39.1 Å². The number of anilines is 1. The zero-order chi connectivity index (χ0) is 22.6. The molecule has 2 aromatic heterocycles. The molecule has 3 rings (SSSR count). The summed E-state index contributed by atoms with van der Waals surface area (Å²) < 4.78 is 33.0. The third kappa shape index (κ3) is 4.59. The molecule has 1 N–H and O–H groups in total. The van der Waals surface area contributed by atoms with E-state index in [1.807, 2.05) is 0 Å². The zero-order valence-corrected chi connectivity index (χ0v) is 18.3. The average molecular weight is 445 g/mol. The Morgan fingerprint density at radius 3 is 2.39 bits per heavy atom. The number of hydrogen-bond donors (Lipinski definition) is 1. The van der Waals surface area contributed by atoms with E-state index in [1.165, 1.54) is 39.3 Å². The van der Waals surface area contributed by atoms with Crippen LogP contribution in [0.1, 0.15) is 41.5 Å². The molecule has 0 aliphatic heterocycles. The van der Waals surface area contributed by atoms with E-state index in [2.05, 4.69) is 10.4 Å². The number of nitrogens with one attached hydrogen (secondary N) is 1. The fourth-order valence-electron chi connectivity index (χ4n) is 3.12. The van der Waals surface area contributed by atoms with E-state index in [-0.39, 0.29) is 11.5 Å². The monoisotopic (exact) mass is 444 g/mol. The number of ether oxygens (including phenoxy) is 1. The topological polar surface area (TPSA) is 110 Å². The predicted molar refractivity (Wildman–Crippen MR) is 116 cm³/mol. The molecule has 9 nitrogen and oxygen atoms in total. The SMILES string of the molecule is CCOC(=O)c1cnn2ccc(NC(=O)c3ccc(S(=O)(=O)N(CC)CC)cc3)cc12. The molecule has 0 aliphatic carbocycles. The molecular formula is C21H24N4O5S. The number of fused-ring (bicyclic) bond motifs is 1. The lowest BCUT2D eigenvalue weighted by atomic mass is 10.2. The highest BCUT2D eigenvalue weighted by Gasteiger charge is 2.22. The van der Waals surface area contributed by atoms with Crippen molar-refractivity contribution in [3.63, 3.8) is 0 Å². The number of aromatic nitrogens is 2. The second-order valence-corrected chi connectivity index (χ2v) is 8.53. The van der Waals surface area contributed by atoms with E-state index < -0.39 is 21.9 Å². The summed E-state index contributed by atoms with van der Waals surface area (Å²) in [6.45, 7) is 6.24. The summed E-state index contributed by atoms with van der Waals surface area (Å²) in [5, 5.41) is 6.85. The van der Waals surface area contributed by atoms with E-state index in [4.69, 9.17) is 4.74 Å². The Morgan fingerprint density at radius 2 is 1.77 bits per heavy atom. The lowest BCUT2D eigenvalue weighted by Crippen LogP contribution is -2.30. The maximum atomic E-state index is 12.6. The van der Waals surface area contributed by atoms with Crippen LogP contribution in [0.25, 0.3) is 5.52 Å². The van der Waals surface area contributed by atoms with Crippen LogP contribution in [-0.2, 0) is 14.8 Å². The molecule has 0 saturated heterocycles. The number of hydrogen-bond acceptors (Lipinski definition) is 6. The summed E-state index contributed by atoms with van der Waals surface area (Å²) in [5.74, 6) is -0.903. The van der Waals surface area contributed by atoms with Crippen LogP contribution >= 0.6 is 0 Å². The fraction of sp³-hybridized carbons (Fsp3) is 0.286.